The van der Waals surface area contributed by atoms with Gasteiger partial charge >= 0.3 is 0 Å². The number of hydrogen-bond acceptors (Lipinski definition) is 6. The summed E-state index contributed by atoms with van der Waals surface area (Å²) in [6.07, 6.45) is 0.277. The van der Waals surface area contributed by atoms with Gasteiger partial charge in [0.25, 0.3) is 0 Å². The molecule has 7 heteroatoms. The van der Waals surface area contributed by atoms with Gasteiger partial charge in [0, 0.05) is 18.5 Å². The van der Waals surface area contributed by atoms with Crippen LogP contribution < -0.4 is 15.8 Å². The van der Waals surface area contributed by atoms with Gasteiger partial charge in [-0.2, -0.15) is 4.98 Å². The van der Waals surface area contributed by atoms with Crippen molar-refractivity contribution in [1.82, 2.24) is 15.5 Å². The number of hydrogen-bond donors (Lipinski definition) is 2. The Hall–Kier alpha value is -2.41. The van der Waals surface area contributed by atoms with Crippen molar-refractivity contribution < 1.29 is 14.1 Å². The molecule has 1 aromatic heterocycles. The fourth-order valence-electron chi connectivity index (χ4n) is 1.58. The average Bonchev–Trinajstić information content (AvgIpc) is 2.94. The highest BCUT2D eigenvalue weighted by Gasteiger charge is 2.09. The standard InChI is InChI=1S/C13H16N4O3/c1-19-10-4-2-9(3-5-10)13-16-12(20-17-13)8-15-11(18)6-7-14/h2-5H,6-8,14H2,1H3,(H,15,18). The van der Waals surface area contributed by atoms with E-state index in [1.165, 1.54) is 0 Å². The highest BCUT2D eigenvalue weighted by molar-refractivity contribution is 5.75. The molecule has 0 radical (unpaired) electrons. The smallest absolute Gasteiger partial charge is 0.246 e. The first-order valence-electron chi connectivity index (χ1n) is 6.16. The molecule has 0 saturated heterocycles. The number of benzene rings is 1. The van der Waals surface area contributed by atoms with Crippen LogP contribution in [0.5, 0.6) is 5.75 Å². The number of carbonyl (C=O) groups is 1. The molecule has 2 rings (SSSR count). The van der Waals surface area contributed by atoms with E-state index in [0.717, 1.165) is 11.3 Å². The number of ether oxygens (including phenoxy) is 1. The molecule has 7 nitrogen and oxygen atoms in total. The van der Waals surface area contributed by atoms with E-state index in [1.54, 1.807) is 7.11 Å². The molecular formula is C13H16N4O3. The first-order chi connectivity index (χ1) is 9.72. The Morgan fingerprint density at radius 2 is 2.15 bits per heavy atom. The van der Waals surface area contributed by atoms with Gasteiger partial charge in [-0.25, -0.2) is 0 Å². The number of methoxy groups -OCH3 is 1. The maximum Gasteiger partial charge on any atom is 0.246 e. The summed E-state index contributed by atoms with van der Waals surface area (Å²) in [6, 6.07) is 7.30. The maximum absolute atomic E-state index is 11.3. The Labute approximate surface area is 116 Å². The van der Waals surface area contributed by atoms with Crippen LogP contribution in [0.2, 0.25) is 0 Å². The van der Waals surface area contributed by atoms with Gasteiger partial charge in [-0.05, 0) is 24.3 Å². The first-order valence-corrected chi connectivity index (χ1v) is 6.16. The molecule has 106 valence electrons. The van der Waals surface area contributed by atoms with Crippen molar-refractivity contribution in [2.45, 2.75) is 13.0 Å². The molecular weight excluding hydrogens is 260 g/mol. The second-order valence-electron chi connectivity index (χ2n) is 4.06. The topological polar surface area (TPSA) is 103 Å². The lowest BCUT2D eigenvalue weighted by molar-refractivity contribution is -0.121. The molecule has 2 aromatic rings. The summed E-state index contributed by atoms with van der Waals surface area (Å²) in [6.45, 7) is 0.509. The third-order valence-electron chi connectivity index (χ3n) is 2.62. The van der Waals surface area contributed by atoms with Crippen LogP contribution in [0.4, 0.5) is 0 Å². The van der Waals surface area contributed by atoms with Crippen LogP contribution in [0, 0.1) is 0 Å². The van der Waals surface area contributed by atoms with E-state index < -0.39 is 0 Å². The summed E-state index contributed by atoms with van der Waals surface area (Å²) in [4.78, 5) is 15.5. The van der Waals surface area contributed by atoms with Crippen molar-refractivity contribution in [2.24, 2.45) is 5.73 Å². The van der Waals surface area contributed by atoms with Gasteiger partial charge in [-0.3, -0.25) is 4.79 Å². The van der Waals surface area contributed by atoms with E-state index in [1.807, 2.05) is 24.3 Å². The fraction of sp³-hybridized carbons (Fsp3) is 0.308. The Morgan fingerprint density at radius 3 is 2.80 bits per heavy atom. The molecule has 0 spiro atoms. The zero-order chi connectivity index (χ0) is 14.4. The number of amides is 1. The lowest BCUT2D eigenvalue weighted by Gasteiger charge is -1.99. The summed E-state index contributed by atoms with van der Waals surface area (Å²) < 4.78 is 10.1. The summed E-state index contributed by atoms with van der Waals surface area (Å²) in [5, 5.41) is 6.51. The predicted octanol–water partition coefficient (Wildman–Crippen LogP) is 0.710. The highest BCUT2D eigenvalue weighted by Crippen LogP contribution is 2.19. The summed E-state index contributed by atoms with van der Waals surface area (Å²) in [7, 11) is 1.60. The molecule has 0 aliphatic carbocycles. The minimum atomic E-state index is -0.142. The van der Waals surface area contributed by atoms with Crippen LogP contribution in [0.1, 0.15) is 12.3 Å². The number of carbonyl (C=O) groups excluding carboxylic acids is 1. The quantitative estimate of drug-likeness (QED) is 0.805. The van der Waals surface area contributed by atoms with Crippen LogP contribution in [-0.4, -0.2) is 29.7 Å². The molecule has 3 N–H and O–H groups in total. The van der Waals surface area contributed by atoms with Crippen molar-refractivity contribution in [3.8, 4) is 17.1 Å². The van der Waals surface area contributed by atoms with Crippen LogP contribution >= 0.6 is 0 Å². The normalized spacial score (nSPS) is 10.3. The number of rotatable bonds is 6. The third kappa shape index (κ3) is 3.55. The Balaban J connectivity index is 1.99. The molecule has 0 atom stereocenters. The van der Waals surface area contributed by atoms with Gasteiger partial charge in [0.05, 0.1) is 13.7 Å². The second kappa shape index (κ2) is 6.67. The summed E-state index contributed by atoms with van der Waals surface area (Å²) in [5.74, 6) is 1.43. The number of nitrogens with one attached hydrogen (secondary N) is 1. The predicted molar refractivity (Wildman–Crippen MR) is 71.8 cm³/mol. The molecule has 0 aliphatic heterocycles. The van der Waals surface area contributed by atoms with Gasteiger partial charge in [0.15, 0.2) is 0 Å². The summed E-state index contributed by atoms with van der Waals surface area (Å²) >= 11 is 0. The van der Waals surface area contributed by atoms with Crippen molar-refractivity contribution >= 4 is 5.91 Å². The monoisotopic (exact) mass is 276 g/mol. The number of nitrogens with two attached hydrogens (primary N) is 1. The number of nitrogens with zero attached hydrogens (tertiary/aromatic N) is 2. The van der Waals surface area contributed by atoms with E-state index >= 15 is 0 Å². The van der Waals surface area contributed by atoms with Crippen molar-refractivity contribution in [2.75, 3.05) is 13.7 Å². The van der Waals surface area contributed by atoms with Gasteiger partial charge in [-0.1, -0.05) is 5.16 Å². The highest BCUT2D eigenvalue weighted by atomic mass is 16.5. The zero-order valence-electron chi connectivity index (χ0n) is 11.1. The zero-order valence-corrected chi connectivity index (χ0v) is 11.1. The number of aromatic nitrogens is 2. The minimum Gasteiger partial charge on any atom is -0.497 e. The minimum absolute atomic E-state index is 0.142. The van der Waals surface area contributed by atoms with Crippen LogP contribution in [0.15, 0.2) is 28.8 Å². The molecule has 1 heterocycles. The van der Waals surface area contributed by atoms with Gasteiger partial charge in [0.1, 0.15) is 5.75 Å². The lowest BCUT2D eigenvalue weighted by atomic mass is 10.2. The largest absolute Gasteiger partial charge is 0.497 e. The van der Waals surface area contributed by atoms with E-state index in [-0.39, 0.29) is 18.9 Å². The van der Waals surface area contributed by atoms with Gasteiger partial charge in [-0.15, -0.1) is 0 Å². The van der Waals surface area contributed by atoms with Crippen molar-refractivity contribution in [1.29, 1.82) is 0 Å². The lowest BCUT2D eigenvalue weighted by Crippen LogP contribution is -2.25. The fourth-order valence-corrected chi connectivity index (χ4v) is 1.58. The third-order valence-corrected chi connectivity index (χ3v) is 2.62. The first kappa shape index (κ1) is 14.0. The average molecular weight is 276 g/mol. The molecule has 0 aliphatic rings. The van der Waals surface area contributed by atoms with Gasteiger partial charge in [0.2, 0.25) is 17.6 Å². The summed E-state index contributed by atoms with van der Waals surface area (Å²) in [5.41, 5.74) is 6.09. The molecule has 0 fully saturated rings. The van der Waals surface area contributed by atoms with Crippen molar-refractivity contribution in [3.05, 3.63) is 30.2 Å². The van der Waals surface area contributed by atoms with Crippen molar-refractivity contribution in [3.63, 3.8) is 0 Å². The van der Waals surface area contributed by atoms with Crippen LogP contribution in [-0.2, 0) is 11.3 Å². The van der Waals surface area contributed by atoms with E-state index in [4.69, 9.17) is 15.0 Å². The van der Waals surface area contributed by atoms with E-state index in [2.05, 4.69) is 15.5 Å². The Morgan fingerprint density at radius 1 is 1.40 bits per heavy atom. The molecule has 20 heavy (non-hydrogen) atoms. The van der Waals surface area contributed by atoms with Crippen LogP contribution in [0.25, 0.3) is 11.4 Å². The van der Waals surface area contributed by atoms with Crippen LogP contribution in [0.3, 0.4) is 0 Å². The molecule has 0 saturated carbocycles. The Kier molecular flexibility index (Phi) is 4.67. The molecule has 1 aromatic carbocycles. The molecule has 1 amide bonds. The molecule has 0 bridgehead atoms. The SMILES string of the molecule is COc1ccc(-c2noc(CNC(=O)CCN)n2)cc1. The molecule has 0 unspecified atom stereocenters. The Bertz CT molecular complexity index is 565. The van der Waals surface area contributed by atoms with Gasteiger partial charge < -0.3 is 20.3 Å². The van der Waals surface area contributed by atoms with E-state index in [0.29, 0.717) is 18.3 Å². The maximum atomic E-state index is 11.3. The second-order valence-corrected chi connectivity index (χ2v) is 4.06. The van der Waals surface area contributed by atoms with E-state index in [9.17, 15) is 4.79 Å².